The van der Waals surface area contributed by atoms with Gasteiger partial charge in [0.2, 0.25) is 0 Å². The second kappa shape index (κ2) is 7.48. The van der Waals surface area contributed by atoms with Gasteiger partial charge in [0.15, 0.2) is 5.82 Å². The Balaban J connectivity index is 1.58. The van der Waals surface area contributed by atoms with Crippen molar-refractivity contribution >= 4 is 21.6 Å². The van der Waals surface area contributed by atoms with E-state index in [0.717, 1.165) is 35.8 Å². The van der Waals surface area contributed by atoms with Crippen LogP contribution in [-0.2, 0) is 20.0 Å². The average molecular weight is 382 g/mol. The molecule has 140 valence electrons. The van der Waals surface area contributed by atoms with Gasteiger partial charge >= 0.3 is 0 Å². The molecule has 0 unspecified atom stereocenters. The first-order chi connectivity index (χ1) is 13.2. The van der Waals surface area contributed by atoms with E-state index in [4.69, 9.17) is 9.72 Å². The second-order valence-electron chi connectivity index (χ2n) is 6.60. The van der Waals surface area contributed by atoms with E-state index in [1.54, 1.807) is 35.6 Å². The highest BCUT2D eigenvalue weighted by Crippen LogP contribution is 2.30. The van der Waals surface area contributed by atoms with E-state index in [-0.39, 0.29) is 5.75 Å². The fourth-order valence-electron chi connectivity index (χ4n) is 3.29. The fraction of sp³-hybridized carbons (Fsp3) is 0.286. The number of rotatable bonds is 7. The van der Waals surface area contributed by atoms with Gasteiger partial charge in [0.1, 0.15) is 18.1 Å². The van der Waals surface area contributed by atoms with Crippen LogP contribution in [0.4, 0.5) is 0 Å². The predicted octanol–water partition coefficient (Wildman–Crippen LogP) is 4.84. The third-order valence-corrected chi connectivity index (χ3v) is 5.52. The van der Waals surface area contributed by atoms with Gasteiger partial charge in [-0.3, -0.25) is 0 Å². The normalized spacial score (nSPS) is 11.3. The summed E-state index contributed by atoms with van der Waals surface area (Å²) in [6.07, 6.45) is 4.18. The quantitative estimate of drug-likeness (QED) is 0.498. The molecule has 0 aliphatic heterocycles. The van der Waals surface area contributed by atoms with Gasteiger partial charge in [0.05, 0.1) is 28.1 Å². The Hall–Kier alpha value is -2.73. The lowest BCUT2D eigenvalue weighted by atomic mass is 10.3. The summed E-state index contributed by atoms with van der Waals surface area (Å²) < 4.78 is 11.5. The molecular formula is C21H23N3O2S. The zero-order valence-corrected chi connectivity index (χ0v) is 16.4. The molecule has 0 aliphatic rings. The minimum atomic E-state index is 0.243. The minimum absolute atomic E-state index is 0.243. The predicted molar refractivity (Wildman–Crippen MR) is 110 cm³/mol. The molecule has 0 saturated heterocycles. The van der Waals surface area contributed by atoms with Gasteiger partial charge in [-0.05, 0) is 48.2 Å². The lowest BCUT2D eigenvalue weighted by Gasteiger charge is -2.10. The molecule has 0 atom stereocenters. The lowest BCUT2D eigenvalue weighted by molar-refractivity contribution is 0.298. The van der Waals surface area contributed by atoms with Crippen molar-refractivity contribution in [1.82, 2.24) is 14.1 Å². The fourth-order valence-corrected chi connectivity index (χ4v) is 4.14. The number of fused-ring (bicyclic) bond motifs is 1. The van der Waals surface area contributed by atoms with E-state index < -0.39 is 0 Å². The molecule has 0 fully saturated rings. The van der Waals surface area contributed by atoms with Crippen LogP contribution in [-0.4, -0.2) is 25.8 Å². The number of aromatic nitrogens is 3. The molecule has 1 N–H and O–H groups in total. The van der Waals surface area contributed by atoms with Crippen LogP contribution >= 0.6 is 11.3 Å². The molecular weight excluding hydrogens is 358 g/mol. The highest BCUT2D eigenvalue weighted by atomic mass is 32.1. The zero-order chi connectivity index (χ0) is 18.8. The first kappa shape index (κ1) is 17.7. The summed E-state index contributed by atoms with van der Waals surface area (Å²) in [6.45, 7) is 3.43. The largest absolute Gasteiger partial charge is 0.508 e. The van der Waals surface area contributed by atoms with Crippen LogP contribution in [0.25, 0.3) is 21.7 Å². The molecule has 0 aliphatic carbocycles. The molecule has 5 nitrogen and oxygen atoms in total. The number of nitrogens with zero attached hydrogens (tertiary/aromatic N) is 3. The van der Waals surface area contributed by atoms with Gasteiger partial charge < -0.3 is 19.0 Å². The van der Waals surface area contributed by atoms with Crippen LogP contribution < -0.4 is 4.74 Å². The van der Waals surface area contributed by atoms with Crippen LogP contribution in [0, 0.1) is 0 Å². The first-order valence-electron chi connectivity index (χ1n) is 9.17. The monoisotopic (exact) mass is 381 g/mol. The number of phenolic OH excluding ortho intramolecular Hbond substituents is 1. The van der Waals surface area contributed by atoms with Crippen molar-refractivity contribution in [2.24, 2.45) is 7.05 Å². The maximum Gasteiger partial charge on any atom is 0.157 e. The van der Waals surface area contributed by atoms with Crippen LogP contribution in [0.15, 0.2) is 48.0 Å². The van der Waals surface area contributed by atoms with Crippen molar-refractivity contribution in [3.63, 3.8) is 0 Å². The Bertz CT molecular complexity index is 1040. The SMILES string of the molecule is CCCc1cn(CCOc2ccc(O)cc2)c(-c2cc3sccc3n2C)n1. The number of phenols is 1. The van der Waals surface area contributed by atoms with Crippen molar-refractivity contribution in [2.75, 3.05) is 6.61 Å². The van der Waals surface area contributed by atoms with Gasteiger partial charge in [-0.15, -0.1) is 11.3 Å². The number of imidazole rings is 1. The van der Waals surface area contributed by atoms with Crippen molar-refractivity contribution in [3.05, 3.63) is 53.7 Å². The van der Waals surface area contributed by atoms with Crippen LogP contribution in [0.5, 0.6) is 11.5 Å². The number of hydrogen-bond acceptors (Lipinski definition) is 4. The van der Waals surface area contributed by atoms with E-state index in [0.29, 0.717) is 13.2 Å². The average Bonchev–Trinajstić information content (AvgIpc) is 3.34. The maximum atomic E-state index is 9.37. The molecule has 4 aromatic rings. The molecule has 0 spiro atoms. The number of aryl methyl sites for hydroxylation is 2. The molecule has 1 aromatic carbocycles. The Labute approximate surface area is 162 Å². The molecule has 0 amide bonds. The second-order valence-corrected chi connectivity index (χ2v) is 7.55. The van der Waals surface area contributed by atoms with Crippen molar-refractivity contribution < 1.29 is 9.84 Å². The third kappa shape index (κ3) is 3.57. The molecule has 3 heterocycles. The smallest absolute Gasteiger partial charge is 0.157 e. The van der Waals surface area contributed by atoms with Crippen LogP contribution in [0.1, 0.15) is 19.0 Å². The van der Waals surface area contributed by atoms with E-state index >= 15 is 0 Å². The first-order valence-corrected chi connectivity index (χ1v) is 10.0. The van der Waals surface area contributed by atoms with E-state index in [1.165, 1.54) is 10.2 Å². The molecule has 6 heteroatoms. The molecule has 0 saturated carbocycles. The van der Waals surface area contributed by atoms with Gasteiger partial charge in [-0.25, -0.2) is 4.98 Å². The molecule has 27 heavy (non-hydrogen) atoms. The number of thiophene rings is 1. The molecule has 0 bridgehead atoms. The third-order valence-electron chi connectivity index (χ3n) is 4.66. The van der Waals surface area contributed by atoms with Gasteiger partial charge in [0, 0.05) is 13.2 Å². The standard InChI is InChI=1S/C21H23N3O2S/c1-3-4-15-14-24(10-11-26-17-7-5-16(25)6-8-17)21(22-15)19-13-20-18(23(19)2)9-12-27-20/h5-9,12-14,25H,3-4,10-11H2,1-2H3. The highest BCUT2D eigenvalue weighted by molar-refractivity contribution is 7.17. The maximum absolute atomic E-state index is 9.37. The van der Waals surface area contributed by atoms with Crippen LogP contribution in [0.2, 0.25) is 0 Å². The summed E-state index contributed by atoms with van der Waals surface area (Å²) in [7, 11) is 2.09. The molecule has 0 radical (unpaired) electrons. The topological polar surface area (TPSA) is 52.2 Å². The number of hydrogen-bond donors (Lipinski definition) is 1. The van der Waals surface area contributed by atoms with Gasteiger partial charge in [0.25, 0.3) is 0 Å². The van der Waals surface area contributed by atoms with E-state index in [2.05, 4.69) is 46.8 Å². The van der Waals surface area contributed by atoms with Crippen LogP contribution in [0.3, 0.4) is 0 Å². The van der Waals surface area contributed by atoms with Gasteiger partial charge in [-0.1, -0.05) is 13.3 Å². The van der Waals surface area contributed by atoms with Crippen molar-refractivity contribution in [3.8, 4) is 23.0 Å². The summed E-state index contributed by atoms with van der Waals surface area (Å²) in [4.78, 5) is 4.90. The van der Waals surface area contributed by atoms with Gasteiger partial charge in [-0.2, -0.15) is 0 Å². The Morgan fingerprint density at radius 3 is 2.74 bits per heavy atom. The highest BCUT2D eigenvalue weighted by Gasteiger charge is 2.16. The Morgan fingerprint density at radius 2 is 2.00 bits per heavy atom. The minimum Gasteiger partial charge on any atom is -0.508 e. The summed E-state index contributed by atoms with van der Waals surface area (Å²) in [5.41, 5.74) is 3.48. The summed E-state index contributed by atoms with van der Waals surface area (Å²) in [5, 5.41) is 11.5. The zero-order valence-electron chi connectivity index (χ0n) is 15.6. The number of benzene rings is 1. The Morgan fingerprint density at radius 1 is 1.19 bits per heavy atom. The molecule has 4 rings (SSSR count). The van der Waals surface area contributed by atoms with E-state index in [9.17, 15) is 5.11 Å². The summed E-state index contributed by atoms with van der Waals surface area (Å²) in [6, 6.07) is 11.2. The summed E-state index contributed by atoms with van der Waals surface area (Å²) in [5.74, 6) is 1.98. The lowest BCUT2D eigenvalue weighted by Crippen LogP contribution is -2.09. The van der Waals surface area contributed by atoms with E-state index in [1.807, 2.05) is 0 Å². The number of ether oxygens (including phenoxy) is 1. The summed E-state index contributed by atoms with van der Waals surface area (Å²) >= 11 is 1.75. The Kier molecular flexibility index (Phi) is 4.90. The van der Waals surface area contributed by atoms with Crippen molar-refractivity contribution in [2.45, 2.75) is 26.3 Å². The number of aromatic hydroxyl groups is 1. The molecule has 3 aromatic heterocycles. The van der Waals surface area contributed by atoms with Crippen molar-refractivity contribution in [1.29, 1.82) is 0 Å².